The molecule has 0 unspecified atom stereocenters. The maximum atomic E-state index is 11.4. The van der Waals surface area contributed by atoms with Crippen molar-refractivity contribution in [1.82, 2.24) is 25.1 Å². The number of hydrogen-bond acceptors (Lipinski definition) is 4. The molecule has 0 aliphatic carbocycles. The first-order chi connectivity index (χ1) is 13.4. The highest BCUT2D eigenvalue weighted by molar-refractivity contribution is 14.0. The monoisotopic (exact) mass is 534 g/mol. The lowest BCUT2D eigenvalue weighted by Gasteiger charge is -2.15. The molecule has 8 nitrogen and oxygen atoms in total. The normalized spacial score (nSPS) is 11.8. The van der Waals surface area contributed by atoms with Crippen molar-refractivity contribution in [2.45, 2.75) is 33.7 Å². The van der Waals surface area contributed by atoms with Crippen LogP contribution in [0.15, 0.2) is 35.3 Å². The fourth-order valence-corrected chi connectivity index (χ4v) is 3.42. The van der Waals surface area contributed by atoms with Gasteiger partial charge in [0.2, 0.25) is 10.0 Å². The maximum Gasteiger partial charge on any atom is 0.211 e. The number of sulfonamides is 1. The van der Waals surface area contributed by atoms with E-state index < -0.39 is 10.0 Å². The summed E-state index contributed by atoms with van der Waals surface area (Å²) in [4.78, 5) is 4.22. The predicted molar refractivity (Wildman–Crippen MR) is 129 cm³/mol. The predicted octanol–water partition coefficient (Wildman–Crippen LogP) is 2.10. The van der Waals surface area contributed by atoms with Crippen molar-refractivity contribution in [1.29, 1.82) is 0 Å². The lowest BCUT2D eigenvalue weighted by molar-refractivity contribution is 0.579. The molecule has 0 fully saturated rings. The molecule has 0 aliphatic heterocycles. The number of aliphatic imine (C=N–C) groups is 1. The summed E-state index contributed by atoms with van der Waals surface area (Å²) in [6.07, 6.45) is 0.669. The summed E-state index contributed by atoms with van der Waals surface area (Å²) in [5.41, 5.74) is 4.20. The van der Waals surface area contributed by atoms with E-state index in [-0.39, 0.29) is 29.7 Å². The molecule has 0 spiro atoms. The van der Waals surface area contributed by atoms with Crippen molar-refractivity contribution in [3.8, 4) is 5.69 Å². The Morgan fingerprint density at radius 2 is 1.90 bits per heavy atom. The van der Waals surface area contributed by atoms with Crippen LogP contribution in [0, 0.1) is 13.8 Å². The molecule has 29 heavy (non-hydrogen) atoms. The molecule has 2 aromatic rings. The summed E-state index contributed by atoms with van der Waals surface area (Å²) >= 11 is 0. The summed E-state index contributed by atoms with van der Waals surface area (Å²) in [5.74, 6) is 0.764. The fourth-order valence-electron chi connectivity index (χ4n) is 2.76. The van der Waals surface area contributed by atoms with E-state index in [9.17, 15) is 8.42 Å². The van der Waals surface area contributed by atoms with Crippen molar-refractivity contribution in [2.24, 2.45) is 4.99 Å². The molecule has 2 rings (SSSR count). The van der Waals surface area contributed by atoms with E-state index in [1.807, 2.05) is 36.7 Å². The average molecular weight is 534 g/mol. The molecule has 10 heteroatoms. The van der Waals surface area contributed by atoms with Gasteiger partial charge in [0.1, 0.15) is 0 Å². The standard InChI is InChI=1S/C19H30N6O2S.HI/c1-5-28(26,27)23-12-8-11-21-19(20-4)22-14-17-9-6-7-10-18(17)25-16(3)13-15(2)24-25;/h6-7,9-10,13,23H,5,8,11-12,14H2,1-4H3,(H2,20,21,22);1H. The van der Waals surface area contributed by atoms with Crippen molar-refractivity contribution in [2.75, 3.05) is 25.9 Å². The van der Waals surface area contributed by atoms with Crippen LogP contribution in [0.4, 0.5) is 0 Å². The van der Waals surface area contributed by atoms with Crippen LogP contribution < -0.4 is 15.4 Å². The van der Waals surface area contributed by atoms with Crippen LogP contribution in [-0.4, -0.2) is 50.0 Å². The van der Waals surface area contributed by atoms with Crippen LogP contribution in [-0.2, 0) is 16.6 Å². The Bertz CT molecular complexity index is 911. The first kappa shape index (κ1) is 25.4. The molecule has 0 atom stereocenters. The molecule has 0 saturated carbocycles. The zero-order chi connectivity index (χ0) is 20.6. The summed E-state index contributed by atoms with van der Waals surface area (Å²) in [7, 11) is -1.43. The maximum absolute atomic E-state index is 11.4. The fraction of sp³-hybridized carbons (Fsp3) is 0.474. The van der Waals surface area contributed by atoms with Crippen LogP contribution in [0.3, 0.4) is 0 Å². The molecule has 0 aliphatic rings. The molecule has 0 bridgehead atoms. The first-order valence-electron chi connectivity index (χ1n) is 9.39. The second-order valence-electron chi connectivity index (χ2n) is 6.47. The summed E-state index contributed by atoms with van der Waals surface area (Å²) in [6, 6.07) is 10.2. The second-order valence-corrected chi connectivity index (χ2v) is 8.57. The molecule has 1 heterocycles. The average Bonchev–Trinajstić information content (AvgIpc) is 3.02. The zero-order valence-corrected chi connectivity index (χ0v) is 20.5. The Labute approximate surface area is 190 Å². The van der Waals surface area contributed by atoms with Crippen LogP contribution in [0.2, 0.25) is 0 Å². The Hall–Kier alpha value is -1.66. The van der Waals surface area contributed by atoms with E-state index in [1.165, 1.54) is 0 Å². The van der Waals surface area contributed by atoms with Gasteiger partial charge in [0.05, 0.1) is 17.1 Å². The second kappa shape index (κ2) is 12.1. The number of halogens is 1. The molecule has 0 amide bonds. The summed E-state index contributed by atoms with van der Waals surface area (Å²) < 4.78 is 27.3. The van der Waals surface area contributed by atoms with Gasteiger partial charge in [-0.25, -0.2) is 17.8 Å². The zero-order valence-electron chi connectivity index (χ0n) is 17.4. The van der Waals surface area contributed by atoms with Crippen LogP contribution >= 0.6 is 24.0 Å². The Kier molecular flexibility index (Phi) is 10.6. The smallest absolute Gasteiger partial charge is 0.211 e. The van der Waals surface area contributed by atoms with Crippen molar-refractivity contribution < 1.29 is 8.42 Å². The number of para-hydroxylation sites is 1. The van der Waals surface area contributed by atoms with Gasteiger partial charge < -0.3 is 10.6 Å². The molecule has 3 N–H and O–H groups in total. The molecular weight excluding hydrogens is 503 g/mol. The highest BCUT2D eigenvalue weighted by Crippen LogP contribution is 2.16. The van der Waals surface area contributed by atoms with Crippen LogP contribution in [0.5, 0.6) is 0 Å². The van der Waals surface area contributed by atoms with Gasteiger partial charge >= 0.3 is 0 Å². The number of benzene rings is 1. The Balaban J connectivity index is 0.00000420. The molecule has 0 saturated heterocycles. The third-order valence-electron chi connectivity index (χ3n) is 4.25. The molecule has 1 aromatic heterocycles. The Morgan fingerprint density at radius 3 is 2.52 bits per heavy atom. The summed E-state index contributed by atoms with van der Waals surface area (Å²) in [6.45, 7) is 7.26. The number of rotatable bonds is 9. The van der Waals surface area contributed by atoms with Gasteiger partial charge in [-0.15, -0.1) is 24.0 Å². The third-order valence-corrected chi connectivity index (χ3v) is 5.65. The van der Waals surface area contributed by atoms with E-state index in [1.54, 1.807) is 14.0 Å². The molecular formula is C19H31IN6O2S. The lowest BCUT2D eigenvalue weighted by Crippen LogP contribution is -2.38. The van der Waals surface area contributed by atoms with Gasteiger partial charge in [0, 0.05) is 32.4 Å². The number of hydrogen-bond donors (Lipinski definition) is 3. The van der Waals surface area contributed by atoms with Crippen molar-refractivity contribution in [3.05, 3.63) is 47.3 Å². The Morgan fingerprint density at radius 1 is 1.17 bits per heavy atom. The minimum absolute atomic E-state index is 0. The van der Waals surface area contributed by atoms with Gasteiger partial charge in [0.15, 0.2) is 5.96 Å². The third kappa shape index (κ3) is 7.94. The molecule has 0 radical (unpaired) electrons. The van der Waals surface area contributed by atoms with Gasteiger partial charge in [-0.1, -0.05) is 18.2 Å². The molecule has 1 aromatic carbocycles. The molecule has 162 valence electrons. The van der Waals surface area contributed by atoms with Crippen molar-refractivity contribution >= 4 is 40.0 Å². The number of aromatic nitrogens is 2. The van der Waals surface area contributed by atoms with Gasteiger partial charge in [0.25, 0.3) is 0 Å². The van der Waals surface area contributed by atoms with E-state index in [4.69, 9.17) is 0 Å². The van der Waals surface area contributed by atoms with E-state index in [0.29, 0.717) is 32.0 Å². The van der Waals surface area contributed by atoms with Gasteiger partial charge in [-0.2, -0.15) is 5.10 Å². The highest BCUT2D eigenvalue weighted by Gasteiger charge is 2.09. The van der Waals surface area contributed by atoms with Gasteiger partial charge in [-0.3, -0.25) is 4.99 Å². The van der Waals surface area contributed by atoms with Crippen molar-refractivity contribution in [3.63, 3.8) is 0 Å². The SMILES string of the molecule is CCS(=O)(=O)NCCCNC(=NC)NCc1ccccc1-n1nc(C)cc1C.I. The van der Waals surface area contributed by atoms with E-state index >= 15 is 0 Å². The number of nitrogens with one attached hydrogen (secondary N) is 3. The first-order valence-corrected chi connectivity index (χ1v) is 11.0. The topological polar surface area (TPSA) is 100 Å². The summed E-state index contributed by atoms with van der Waals surface area (Å²) in [5, 5.41) is 11.1. The lowest BCUT2D eigenvalue weighted by atomic mass is 10.1. The van der Waals surface area contributed by atoms with Crippen LogP contribution in [0.1, 0.15) is 30.3 Å². The number of guanidine groups is 1. The largest absolute Gasteiger partial charge is 0.356 e. The van der Waals surface area contributed by atoms with Crippen LogP contribution in [0.25, 0.3) is 5.69 Å². The minimum atomic E-state index is -3.14. The highest BCUT2D eigenvalue weighted by atomic mass is 127. The van der Waals surface area contributed by atoms with Gasteiger partial charge in [-0.05, 0) is 44.9 Å². The minimum Gasteiger partial charge on any atom is -0.356 e. The quantitative estimate of drug-likeness (QED) is 0.198. The number of nitrogens with zero attached hydrogens (tertiary/aromatic N) is 3. The van der Waals surface area contributed by atoms with E-state index in [0.717, 1.165) is 22.6 Å². The van der Waals surface area contributed by atoms with E-state index in [2.05, 4.69) is 37.6 Å². The number of aryl methyl sites for hydroxylation is 2.